The van der Waals surface area contributed by atoms with Gasteiger partial charge in [-0.05, 0) is 29.7 Å². The topological polar surface area (TPSA) is 19.9 Å². The molecule has 0 spiro atoms. The minimum absolute atomic E-state index is 0.0337. The van der Waals surface area contributed by atoms with Crippen LogP contribution in [-0.4, -0.2) is 16.3 Å². The lowest BCUT2D eigenvalue weighted by molar-refractivity contribution is 0.105. The molecule has 1 nitrogen and oxygen atoms in total. The second-order valence-corrected chi connectivity index (χ2v) is 15.6. The van der Waals surface area contributed by atoms with Gasteiger partial charge in [0, 0.05) is 0 Å². The normalized spacial score (nSPS) is 16.1. The molecule has 1 atom stereocenters. The quantitative estimate of drug-likeness (QED) is 0.275. The van der Waals surface area contributed by atoms with Crippen molar-refractivity contribution in [3.63, 3.8) is 0 Å². The lowest BCUT2D eigenvalue weighted by atomic mass is 9.94. The molecule has 1 radical (unpaired) electrons. The van der Waals surface area contributed by atoms with Crippen molar-refractivity contribution in [1.82, 2.24) is 0 Å². The van der Waals surface area contributed by atoms with Gasteiger partial charge in [-0.1, -0.05) is 175 Å². The Balaban J connectivity index is 3.83. The van der Waals surface area contributed by atoms with Crippen LogP contribution in [0, 0.1) is 0 Å². The van der Waals surface area contributed by atoms with Crippen LogP contribution in [0.15, 0.2) is 18.2 Å². The molecule has 0 amide bonds. The van der Waals surface area contributed by atoms with Gasteiger partial charge in [0.05, 0.1) is 0 Å². The summed E-state index contributed by atoms with van der Waals surface area (Å²) in [6.07, 6.45) is -1.37. The zero-order valence-electron chi connectivity index (χ0n) is 13.5. The van der Waals surface area contributed by atoms with Crippen LogP contribution in [0.3, 0.4) is 0 Å². The summed E-state index contributed by atoms with van der Waals surface area (Å²) in [5.74, 6) is 0. The predicted molar refractivity (Wildman–Crippen MR) is 132 cm³/mol. The summed E-state index contributed by atoms with van der Waals surface area (Å²) in [6, 6.07) is 3.73. The van der Waals surface area contributed by atoms with Crippen LogP contribution < -0.4 is 0 Å². The van der Waals surface area contributed by atoms with E-state index >= 15 is 0 Å². The van der Waals surface area contributed by atoms with E-state index < -0.39 is 31.0 Å². The van der Waals surface area contributed by atoms with E-state index in [1.54, 1.807) is 0 Å². The summed E-state index contributed by atoms with van der Waals surface area (Å²) in [7, 11) is 0. The number of hydrogen-bond donors (Lipinski definition) is 0. The van der Waals surface area contributed by atoms with Crippen LogP contribution in [0.4, 0.5) is 0 Å². The largest absolute Gasteiger partial charge is 0.228 e. The third-order valence-electron chi connectivity index (χ3n) is 3.69. The van der Waals surface area contributed by atoms with Gasteiger partial charge in [-0.2, -0.15) is 0 Å². The Kier molecular flexibility index (Phi) is 10.1. The Hall–Kier alpha value is 3.24. The molecule has 0 heterocycles. The molecule has 0 aromatic heterocycles. The maximum absolute atomic E-state index is 12.2. The van der Waals surface area contributed by atoms with Gasteiger partial charge in [0.25, 0.3) is 0 Å². The first-order chi connectivity index (χ1) is 12.5. The number of rotatable bonds is 5. The zero-order valence-corrected chi connectivity index (χ0v) is 24.1. The standard InChI is InChI=1S/C14H7Cl14O/c1-5(29)7-3-2-6(9(15,16)11(19,20)13(23,24)25)4-8(7)10(17,18)12(21,22)14(26,27)28/h2-5H,1H3. The highest BCUT2D eigenvalue weighted by atomic mass is 35.6. The maximum atomic E-state index is 12.2. The summed E-state index contributed by atoms with van der Waals surface area (Å²) in [4.78, 5) is 0. The molecule has 0 N–H and O–H groups in total. The van der Waals surface area contributed by atoms with Crippen molar-refractivity contribution in [1.29, 1.82) is 0 Å². The molecular weight excluding hydrogens is 680 g/mol. The van der Waals surface area contributed by atoms with Gasteiger partial charge in [0.1, 0.15) is 6.10 Å². The molecule has 0 saturated carbocycles. The Morgan fingerprint density at radius 2 is 1.03 bits per heavy atom. The van der Waals surface area contributed by atoms with Crippen LogP contribution in [0.1, 0.15) is 29.7 Å². The van der Waals surface area contributed by atoms with Crippen molar-refractivity contribution in [2.24, 2.45) is 0 Å². The number of halogens is 14. The van der Waals surface area contributed by atoms with E-state index in [2.05, 4.69) is 0 Å². The molecule has 0 aliphatic heterocycles. The molecule has 0 aliphatic rings. The second-order valence-electron chi connectivity index (χ2n) is 5.74. The average molecular weight is 688 g/mol. The molecule has 0 bridgehead atoms. The van der Waals surface area contributed by atoms with E-state index in [1.807, 2.05) is 0 Å². The maximum Gasteiger partial charge on any atom is 0.226 e. The van der Waals surface area contributed by atoms with Crippen molar-refractivity contribution in [2.45, 2.75) is 37.9 Å². The Bertz CT molecular complexity index is 744. The fourth-order valence-corrected chi connectivity index (χ4v) is 5.07. The molecule has 15 heteroatoms. The van der Waals surface area contributed by atoms with Crippen LogP contribution in [0.2, 0.25) is 0 Å². The predicted octanol–water partition coefficient (Wildman–Crippen LogP) is 10.5. The fraction of sp³-hybridized carbons (Fsp3) is 0.571. The third-order valence-corrected chi connectivity index (χ3v) is 11.6. The SMILES string of the molecule is CC([O])c1ccc(C(Cl)(Cl)C(Cl)(Cl)C(Cl)(Cl)Cl)cc1C(Cl)(Cl)C(Cl)(Cl)C(Cl)(Cl)Cl. The van der Waals surface area contributed by atoms with Gasteiger partial charge in [-0.15, -0.1) is 0 Å². The van der Waals surface area contributed by atoms with Gasteiger partial charge in [0.15, 0.2) is 8.67 Å². The van der Waals surface area contributed by atoms with E-state index in [1.165, 1.54) is 19.1 Å². The van der Waals surface area contributed by atoms with Crippen LogP contribution in [-0.2, 0) is 13.8 Å². The van der Waals surface area contributed by atoms with Crippen molar-refractivity contribution in [2.75, 3.05) is 0 Å². The Labute approximate surface area is 237 Å². The monoisotopic (exact) mass is 681 g/mol. The molecule has 0 fully saturated rings. The highest BCUT2D eigenvalue weighted by Crippen LogP contribution is 2.63. The summed E-state index contributed by atoms with van der Waals surface area (Å²) in [5.41, 5.74) is -0.224. The molecule has 0 saturated heterocycles. The van der Waals surface area contributed by atoms with Gasteiger partial charge in [-0.25, -0.2) is 5.11 Å². The van der Waals surface area contributed by atoms with Crippen LogP contribution >= 0.6 is 162 Å². The van der Waals surface area contributed by atoms with E-state index in [0.717, 1.165) is 6.07 Å². The summed E-state index contributed by atoms with van der Waals surface area (Å²) >= 11 is 84.9. The average Bonchev–Trinajstić information content (AvgIpc) is 2.51. The van der Waals surface area contributed by atoms with Crippen LogP contribution in [0.5, 0.6) is 0 Å². The van der Waals surface area contributed by atoms with E-state index in [-0.39, 0.29) is 16.7 Å². The lowest BCUT2D eigenvalue weighted by Gasteiger charge is -2.41. The van der Waals surface area contributed by atoms with Crippen molar-refractivity contribution < 1.29 is 5.11 Å². The molecule has 29 heavy (non-hydrogen) atoms. The van der Waals surface area contributed by atoms with Gasteiger partial charge < -0.3 is 0 Å². The minimum Gasteiger partial charge on any atom is -0.228 e. The Morgan fingerprint density at radius 1 is 0.655 bits per heavy atom. The summed E-state index contributed by atoms with van der Waals surface area (Å²) in [6.45, 7) is 1.30. The molecule has 0 aliphatic carbocycles. The summed E-state index contributed by atoms with van der Waals surface area (Å²) in [5, 5.41) is 12.2. The smallest absolute Gasteiger partial charge is 0.226 e. The first-order valence-electron chi connectivity index (χ1n) is 6.99. The minimum atomic E-state index is -2.45. The molecule has 1 unspecified atom stereocenters. The lowest BCUT2D eigenvalue weighted by Crippen LogP contribution is -2.47. The number of alkyl halides is 14. The van der Waals surface area contributed by atoms with Crippen molar-refractivity contribution in [3.05, 3.63) is 34.9 Å². The fourth-order valence-electron chi connectivity index (χ4n) is 2.08. The highest BCUT2D eigenvalue weighted by Gasteiger charge is 2.63. The number of benzene rings is 1. The van der Waals surface area contributed by atoms with Gasteiger partial charge in [0.2, 0.25) is 16.3 Å². The van der Waals surface area contributed by atoms with Gasteiger partial charge in [-0.3, -0.25) is 0 Å². The third kappa shape index (κ3) is 5.74. The molecule has 1 aromatic carbocycles. The van der Waals surface area contributed by atoms with Crippen LogP contribution in [0.25, 0.3) is 0 Å². The molecule has 1 rings (SSSR count). The molecular formula is C14H7Cl14O. The van der Waals surface area contributed by atoms with Crippen molar-refractivity contribution >= 4 is 162 Å². The van der Waals surface area contributed by atoms with E-state index in [9.17, 15) is 5.11 Å². The Morgan fingerprint density at radius 3 is 1.38 bits per heavy atom. The van der Waals surface area contributed by atoms with Gasteiger partial charge >= 0.3 is 0 Å². The zero-order chi connectivity index (χ0) is 23.4. The van der Waals surface area contributed by atoms with Crippen molar-refractivity contribution in [3.8, 4) is 0 Å². The molecule has 1 aromatic rings. The molecule has 167 valence electrons. The van der Waals surface area contributed by atoms with E-state index in [0.29, 0.717) is 0 Å². The van der Waals surface area contributed by atoms with E-state index in [4.69, 9.17) is 162 Å². The number of hydrogen-bond acceptors (Lipinski definition) is 0. The second kappa shape index (κ2) is 9.71. The first kappa shape index (κ1) is 30.3. The first-order valence-corrected chi connectivity index (χ1v) is 12.3. The summed E-state index contributed by atoms with van der Waals surface area (Å²) < 4.78 is -14.2. The highest BCUT2D eigenvalue weighted by molar-refractivity contribution is 6.79.